The highest BCUT2D eigenvalue weighted by Crippen LogP contribution is 2.26. The van der Waals surface area contributed by atoms with Gasteiger partial charge in [-0.1, -0.05) is 70.3 Å². The second-order valence-corrected chi connectivity index (χ2v) is 5.60. The smallest absolute Gasteiger partial charge is 0.0207 e. The molecule has 0 aromatic heterocycles. The van der Waals surface area contributed by atoms with Gasteiger partial charge in [0, 0.05) is 9.80 Å². The second kappa shape index (κ2) is 6.70. The Kier molecular flexibility index (Phi) is 5.91. The van der Waals surface area contributed by atoms with E-state index in [0.717, 1.165) is 23.6 Å². The summed E-state index contributed by atoms with van der Waals surface area (Å²) in [5.41, 5.74) is 1.42. The lowest BCUT2D eigenvalue weighted by Gasteiger charge is -2.21. The summed E-state index contributed by atoms with van der Waals surface area (Å²) < 4.78 is 1.24. The highest BCUT2D eigenvalue weighted by atomic mass is 79.9. The Morgan fingerprint density at radius 3 is 2.47 bits per heavy atom. The fraction of sp³-hybridized carbons (Fsp3) is 0.538. The van der Waals surface area contributed by atoms with Gasteiger partial charge in [0.05, 0.1) is 0 Å². The first-order valence-electron chi connectivity index (χ1n) is 5.48. The van der Waals surface area contributed by atoms with E-state index < -0.39 is 0 Å². The SMILES string of the molecule is CCC(C)C(CBr)Cc1ccccc1Br. The van der Waals surface area contributed by atoms with Crippen LogP contribution in [0.15, 0.2) is 28.7 Å². The van der Waals surface area contributed by atoms with E-state index in [1.807, 2.05) is 0 Å². The molecule has 2 heteroatoms. The lowest BCUT2D eigenvalue weighted by atomic mass is 9.88. The molecule has 0 bridgehead atoms. The Morgan fingerprint density at radius 2 is 1.93 bits per heavy atom. The Labute approximate surface area is 110 Å². The van der Waals surface area contributed by atoms with Crippen molar-refractivity contribution >= 4 is 31.9 Å². The van der Waals surface area contributed by atoms with E-state index in [4.69, 9.17) is 0 Å². The third kappa shape index (κ3) is 3.92. The van der Waals surface area contributed by atoms with Gasteiger partial charge in [-0.2, -0.15) is 0 Å². The van der Waals surface area contributed by atoms with Gasteiger partial charge in [0.2, 0.25) is 0 Å². The Morgan fingerprint density at radius 1 is 1.27 bits per heavy atom. The highest BCUT2D eigenvalue weighted by molar-refractivity contribution is 9.10. The quantitative estimate of drug-likeness (QED) is 0.661. The van der Waals surface area contributed by atoms with E-state index in [2.05, 4.69) is 70.0 Å². The van der Waals surface area contributed by atoms with Crippen LogP contribution < -0.4 is 0 Å². The van der Waals surface area contributed by atoms with Crippen molar-refractivity contribution in [3.63, 3.8) is 0 Å². The molecular formula is C13H18Br2. The molecule has 2 atom stereocenters. The summed E-state index contributed by atoms with van der Waals surface area (Å²) in [7, 11) is 0. The van der Waals surface area contributed by atoms with Crippen molar-refractivity contribution in [2.45, 2.75) is 26.7 Å². The molecule has 2 unspecified atom stereocenters. The molecule has 0 aliphatic heterocycles. The van der Waals surface area contributed by atoms with Gasteiger partial charge in [-0.25, -0.2) is 0 Å². The predicted octanol–water partition coefficient (Wildman–Crippen LogP) is 5.05. The normalized spacial score (nSPS) is 14.9. The molecule has 0 spiro atoms. The van der Waals surface area contributed by atoms with Crippen molar-refractivity contribution in [3.8, 4) is 0 Å². The highest BCUT2D eigenvalue weighted by Gasteiger charge is 2.15. The molecule has 0 fully saturated rings. The summed E-state index contributed by atoms with van der Waals surface area (Å²) in [6.07, 6.45) is 2.41. The maximum atomic E-state index is 3.62. The first-order valence-corrected chi connectivity index (χ1v) is 7.39. The minimum absolute atomic E-state index is 0.730. The minimum Gasteiger partial charge on any atom is -0.0925 e. The summed E-state index contributed by atoms with van der Waals surface area (Å²) in [6.45, 7) is 4.60. The van der Waals surface area contributed by atoms with Crippen molar-refractivity contribution in [2.24, 2.45) is 11.8 Å². The lowest BCUT2D eigenvalue weighted by molar-refractivity contribution is 0.383. The van der Waals surface area contributed by atoms with Crippen LogP contribution in [0.25, 0.3) is 0 Å². The third-order valence-corrected chi connectivity index (χ3v) is 4.69. The van der Waals surface area contributed by atoms with Crippen molar-refractivity contribution in [1.82, 2.24) is 0 Å². The molecule has 0 saturated heterocycles. The van der Waals surface area contributed by atoms with E-state index >= 15 is 0 Å². The molecular weight excluding hydrogens is 316 g/mol. The maximum Gasteiger partial charge on any atom is 0.0207 e. The zero-order valence-corrected chi connectivity index (χ0v) is 12.5. The van der Waals surface area contributed by atoms with Crippen molar-refractivity contribution in [3.05, 3.63) is 34.3 Å². The number of halogens is 2. The summed E-state index contributed by atoms with van der Waals surface area (Å²) in [4.78, 5) is 0. The first kappa shape index (κ1) is 13.2. The van der Waals surface area contributed by atoms with Crippen LogP contribution in [0, 0.1) is 11.8 Å². The van der Waals surface area contributed by atoms with Crippen LogP contribution in [0.3, 0.4) is 0 Å². The number of alkyl halides is 1. The van der Waals surface area contributed by atoms with Crippen LogP contribution in [0.2, 0.25) is 0 Å². The monoisotopic (exact) mass is 332 g/mol. The molecule has 1 aromatic carbocycles. The van der Waals surface area contributed by atoms with Crippen LogP contribution >= 0.6 is 31.9 Å². The van der Waals surface area contributed by atoms with Gasteiger partial charge in [0.25, 0.3) is 0 Å². The standard InChI is InChI=1S/C13H18Br2/c1-3-10(2)12(9-14)8-11-6-4-5-7-13(11)15/h4-7,10,12H,3,8-9H2,1-2H3. The van der Waals surface area contributed by atoms with E-state index in [9.17, 15) is 0 Å². The number of hydrogen-bond donors (Lipinski definition) is 0. The second-order valence-electron chi connectivity index (χ2n) is 4.10. The first-order chi connectivity index (χ1) is 7.19. The number of rotatable bonds is 5. The average Bonchev–Trinajstić information content (AvgIpc) is 2.27. The molecule has 0 heterocycles. The Hall–Kier alpha value is 0.180. The Balaban J connectivity index is 2.71. The van der Waals surface area contributed by atoms with Crippen LogP contribution in [0.5, 0.6) is 0 Å². The van der Waals surface area contributed by atoms with Crippen LogP contribution in [-0.4, -0.2) is 5.33 Å². The molecule has 15 heavy (non-hydrogen) atoms. The minimum atomic E-state index is 0.730. The summed E-state index contributed by atoms with van der Waals surface area (Å²) in [5, 5.41) is 1.09. The molecule has 0 N–H and O–H groups in total. The molecule has 0 radical (unpaired) electrons. The molecule has 84 valence electrons. The maximum absolute atomic E-state index is 3.62. The predicted molar refractivity (Wildman–Crippen MR) is 74.6 cm³/mol. The van der Waals surface area contributed by atoms with Gasteiger partial charge in [-0.3, -0.25) is 0 Å². The fourth-order valence-corrected chi connectivity index (χ4v) is 3.00. The van der Waals surface area contributed by atoms with E-state index in [-0.39, 0.29) is 0 Å². The average molecular weight is 334 g/mol. The summed E-state index contributed by atoms with van der Waals surface area (Å²) in [5.74, 6) is 1.50. The van der Waals surface area contributed by atoms with Gasteiger partial charge >= 0.3 is 0 Å². The molecule has 0 aliphatic rings. The van der Waals surface area contributed by atoms with Crippen molar-refractivity contribution in [1.29, 1.82) is 0 Å². The lowest BCUT2D eigenvalue weighted by Crippen LogP contribution is -2.15. The summed E-state index contributed by atoms with van der Waals surface area (Å²) in [6, 6.07) is 8.52. The Bertz CT molecular complexity index is 296. The van der Waals surface area contributed by atoms with Crippen molar-refractivity contribution in [2.75, 3.05) is 5.33 Å². The van der Waals surface area contributed by atoms with E-state index in [1.165, 1.54) is 16.5 Å². The van der Waals surface area contributed by atoms with E-state index in [1.54, 1.807) is 0 Å². The van der Waals surface area contributed by atoms with Gasteiger partial charge in [0.1, 0.15) is 0 Å². The van der Waals surface area contributed by atoms with Crippen molar-refractivity contribution < 1.29 is 0 Å². The topological polar surface area (TPSA) is 0 Å². The molecule has 0 aliphatic carbocycles. The number of hydrogen-bond acceptors (Lipinski definition) is 0. The van der Waals surface area contributed by atoms with Crippen LogP contribution in [-0.2, 0) is 6.42 Å². The van der Waals surface area contributed by atoms with Gasteiger partial charge in [0.15, 0.2) is 0 Å². The number of benzene rings is 1. The largest absolute Gasteiger partial charge is 0.0925 e. The molecule has 1 aromatic rings. The molecule has 0 amide bonds. The zero-order valence-electron chi connectivity index (χ0n) is 9.34. The fourth-order valence-electron chi connectivity index (χ4n) is 1.69. The van der Waals surface area contributed by atoms with Gasteiger partial charge in [-0.15, -0.1) is 0 Å². The third-order valence-electron chi connectivity index (χ3n) is 3.09. The van der Waals surface area contributed by atoms with Gasteiger partial charge < -0.3 is 0 Å². The van der Waals surface area contributed by atoms with E-state index in [0.29, 0.717) is 0 Å². The van der Waals surface area contributed by atoms with Crippen LogP contribution in [0.4, 0.5) is 0 Å². The molecule has 1 rings (SSSR count). The van der Waals surface area contributed by atoms with Gasteiger partial charge in [-0.05, 0) is 29.9 Å². The summed E-state index contributed by atoms with van der Waals surface area (Å²) >= 11 is 7.23. The van der Waals surface area contributed by atoms with Crippen LogP contribution in [0.1, 0.15) is 25.8 Å². The molecule has 0 saturated carbocycles. The zero-order chi connectivity index (χ0) is 11.3. The molecule has 0 nitrogen and oxygen atoms in total.